The van der Waals surface area contributed by atoms with E-state index in [1.54, 1.807) is 76.0 Å². The largest absolute Gasteiger partial charge is 0.495 e. The molecule has 0 radical (unpaired) electrons. The molecular formula is C77H107ClN6O17. The van der Waals surface area contributed by atoms with Gasteiger partial charge in [-0.25, -0.2) is 9.59 Å². The predicted molar refractivity (Wildman–Crippen MR) is 384 cm³/mol. The number of methoxy groups -OCH3 is 1. The molecule has 554 valence electrons. The van der Waals surface area contributed by atoms with E-state index in [4.69, 9.17) is 49.5 Å². The first-order chi connectivity index (χ1) is 48.4. The maximum atomic E-state index is 14.4. The van der Waals surface area contributed by atoms with E-state index in [1.165, 1.54) is 28.5 Å². The number of likely N-dealkylation sites (N-methyl/N-ethyl adjacent to an activating group) is 2. The van der Waals surface area contributed by atoms with Gasteiger partial charge in [-0.3, -0.25) is 29.3 Å². The highest BCUT2D eigenvalue weighted by molar-refractivity contribution is 6.35. The summed E-state index contributed by atoms with van der Waals surface area (Å²) < 4.78 is 46.4. The van der Waals surface area contributed by atoms with Crippen LogP contribution in [0.25, 0.3) is 12.2 Å². The maximum Gasteiger partial charge on any atom is 0.409 e. The number of aliphatic hydroxyl groups is 2. The Morgan fingerprint density at radius 1 is 0.802 bits per heavy atom. The number of unbranched alkanes of at least 4 members (excludes halogenated alkanes) is 2. The van der Waals surface area contributed by atoms with Crippen LogP contribution in [0, 0.1) is 11.8 Å². The number of benzene rings is 3. The van der Waals surface area contributed by atoms with Crippen molar-refractivity contribution in [2.24, 2.45) is 11.8 Å². The summed E-state index contributed by atoms with van der Waals surface area (Å²) in [5.74, 6) is -1.95. The Morgan fingerprint density at radius 2 is 1.45 bits per heavy atom. The fourth-order valence-electron chi connectivity index (χ4n) is 13.7. The number of halogens is 1. The van der Waals surface area contributed by atoms with Crippen molar-refractivity contribution in [2.45, 2.75) is 178 Å². The fourth-order valence-corrected chi connectivity index (χ4v) is 14.0. The minimum absolute atomic E-state index is 0.0137. The monoisotopic (exact) mass is 1420 g/mol. The molecular weight excluding hydrogens is 1320 g/mol. The van der Waals surface area contributed by atoms with E-state index in [2.05, 4.69) is 47.1 Å². The van der Waals surface area contributed by atoms with Gasteiger partial charge in [0.15, 0.2) is 5.72 Å². The minimum atomic E-state index is -2.10. The van der Waals surface area contributed by atoms with E-state index >= 15 is 0 Å². The van der Waals surface area contributed by atoms with Crippen molar-refractivity contribution in [3.63, 3.8) is 0 Å². The van der Waals surface area contributed by atoms with Crippen LogP contribution in [-0.4, -0.2) is 222 Å². The number of esters is 1. The van der Waals surface area contributed by atoms with E-state index < -0.39 is 65.7 Å². The number of hydrogen-bond donors (Lipinski definition) is 4. The van der Waals surface area contributed by atoms with Crippen molar-refractivity contribution in [1.82, 2.24) is 25.3 Å². The third-order valence-electron chi connectivity index (χ3n) is 20.4. The zero-order valence-electron chi connectivity index (χ0n) is 60.4. The number of aliphatic hydroxyl groups excluding tert-OH is 1. The molecule has 3 aromatic rings. The van der Waals surface area contributed by atoms with Crippen LogP contribution in [-0.2, 0) is 74.8 Å². The van der Waals surface area contributed by atoms with Gasteiger partial charge in [0, 0.05) is 84.3 Å². The summed E-state index contributed by atoms with van der Waals surface area (Å²) in [6.45, 7) is 11.6. The molecule has 4 bridgehead atoms. The Kier molecular flexibility index (Phi) is 30.3. The second-order valence-corrected chi connectivity index (χ2v) is 28.1. The average molecular weight is 1420 g/mol. The first-order valence-electron chi connectivity index (χ1n) is 35.8. The second-order valence-electron chi connectivity index (χ2n) is 27.8. The smallest absolute Gasteiger partial charge is 0.409 e. The molecule has 101 heavy (non-hydrogen) atoms. The van der Waals surface area contributed by atoms with Crippen LogP contribution in [0.4, 0.5) is 10.5 Å². The fraction of sp³-hybridized carbons (Fsp3) is 0.597. The summed E-state index contributed by atoms with van der Waals surface area (Å²) >= 11 is 6.84. The number of carbonyl (C=O) groups is 7. The molecule has 2 aliphatic carbocycles. The van der Waals surface area contributed by atoms with Gasteiger partial charge in [-0.1, -0.05) is 109 Å². The number of alkyl carbamates (subject to hydrolysis) is 1. The van der Waals surface area contributed by atoms with Gasteiger partial charge in [0.05, 0.1) is 84.6 Å². The molecule has 3 aliphatic heterocycles. The standard InChI is InChI=1S/C77H107ClN6O17/c1-51-19-17-25-66(86)77(93)50-65(99-75(92)80-77)52(2)72-76(4,101-72)67(49-70(89)84(8)62-46-54(45-51)47-64(94-9)71(62)78)100-74(91)53(3)83(7)73(90)57-29-31-59(32-30-57)79-34-18-26-68(87)82(6)36-38-96-40-42-98-44-43-97-41-39-95-37-33-69(88)81(5)35-16-10-11-24-63(85)61-48-58-22-13-12-20-55(58)27-28-56-21-14-15-23-60(56)61/h12-15,17,19-23,25,27-28,46-47,52-53,57,59,61,65-67,72,79,86,93H,10-11,16,18,24,26,29-45,48-50H2,1-9H3,(H,80,92)/b25-17+,28-27-,51-19+/t52-,53+,57-,59-,61?,65+,66-,67+,72+,76+,77+/m1/s1. The SMILES string of the molecule is COc1cc2cc(c1Cl)N(C)C(=O)C[C@H](OC(=O)[C@H](C)N(C)C(=O)[C@H]1CC[C@H](NCCCC(=O)N(C)CCOCCOCCOCCOCCC(=O)N(C)CCCCCC(=O)C3Cc4ccccc4/C=C\c4ccccc43)CC1)[C@]1(C)O[C@H]1[C@H](C)[C@@H]1C[C@@](O)(NC(=O)O1)[C@H](O)/C=C/C=C(\C)C2. The molecule has 24 heteroatoms. The Labute approximate surface area is 600 Å². The topological polar surface area (TPSA) is 274 Å². The van der Waals surface area contributed by atoms with Crippen LogP contribution in [0.2, 0.25) is 5.02 Å². The number of carbonyl (C=O) groups excluding carboxylic acids is 7. The van der Waals surface area contributed by atoms with Gasteiger partial charge in [0.2, 0.25) is 23.6 Å². The Hall–Kier alpha value is -7.06. The lowest BCUT2D eigenvalue weighted by atomic mass is 9.81. The van der Waals surface area contributed by atoms with Crippen LogP contribution in [0.15, 0.2) is 84.5 Å². The molecule has 23 nitrogen and oxygen atoms in total. The number of hydrogen-bond acceptors (Lipinski definition) is 18. The molecule has 3 fully saturated rings. The van der Waals surface area contributed by atoms with Crippen LogP contribution in [0.1, 0.15) is 145 Å². The maximum absolute atomic E-state index is 14.4. The molecule has 1 saturated carbocycles. The number of amides is 5. The number of nitrogens with one attached hydrogen (secondary N) is 2. The van der Waals surface area contributed by atoms with E-state index in [0.29, 0.717) is 129 Å². The normalized spacial score (nSPS) is 25.7. The highest BCUT2D eigenvalue weighted by Crippen LogP contribution is 2.49. The lowest BCUT2D eigenvalue weighted by Crippen LogP contribution is -2.63. The number of ether oxygens (including phenoxy) is 8. The third-order valence-corrected chi connectivity index (χ3v) is 20.8. The van der Waals surface area contributed by atoms with Gasteiger partial charge >= 0.3 is 12.1 Å². The molecule has 4 N–H and O–H groups in total. The number of nitrogens with zero attached hydrogens (tertiary/aromatic N) is 4. The lowest BCUT2D eigenvalue weighted by Gasteiger charge is -2.41. The number of allylic oxidation sites excluding steroid dienone is 3. The minimum Gasteiger partial charge on any atom is -0.495 e. The number of Topliss-reactive ketones (excluding diaryl/α,β-unsaturated/α-hetero) is 1. The van der Waals surface area contributed by atoms with Crippen molar-refractivity contribution in [2.75, 3.05) is 113 Å². The summed E-state index contributed by atoms with van der Waals surface area (Å²) in [6, 6.07) is 19.1. The van der Waals surface area contributed by atoms with E-state index in [-0.39, 0.29) is 65.7 Å². The average Bonchev–Trinajstić information content (AvgIpc) is 1.57. The van der Waals surface area contributed by atoms with E-state index in [0.717, 1.165) is 59.9 Å². The van der Waals surface area contributed by atoms with Crippen LogP contribution >= 0.6 is 11.6 Å². The molecule has 5 amide bonds. The third kappa shape index (κ3) is 22.5. The Bertz CT molecular complexity index is 3390. The molecule has 5 aliphatic rings. The number of ketones is 1. The predicted octanol–water partition coefficient (Wildman–Crippen LogP) is 8.80. The highest BCUT2D eigenvalue weighted by Gasteiger charge is 2.64. The summed E-state index contributed by atoms with van der Waals surface area (Å²) in [6.07, 6.45) is 11.0. The van der Waals surface area contributed by atoms with Gasteiger partial charge in [-0.05, 0) is 125 Å². The second kappa shape index (κ2) is 38.5. The number of fused-ring (bicyclic) bond motifs is 7. The van der Waals surface area contributed by atoms with Crippen LogP contribution in [0.5, 0.6) is 5.75 Å². The van der Waals surface area contributed by atoms with Crippen molar-refractivity contribution < 1.29 is 81.7 Å². The number of anilines is 1. The summed E-state index contributed by atoms with van der Waals surface area (Å²) in [4.78, 5) is 101. The van der Waals surface area contributed by atoms with Gasteiger partial charge in [0.25, 0.3) is 0 Å². The van der Waals surface area contributed by atoms with Gasteiger partial charge < -0.3 is 73.0 Å². The molecule has 8 rings (SSSR count). The van der Waals surface area contributed by atoms with Gasteiger partial charge in [0.1, 0.15) is 46.5 Å². The van der Waals surface area contributed by atoms with Crippen molar-refractivity contribution in [3.05, 3.63) is 117 Å². The molecule has 3 heterocycles. The van der Waals surface area contributed by atoms with Crippen molar-refractivity contribution in [1.29, 1.82) is 0 Å². The summed E-state index contributed by atoms with van der Waals surface area (Å²) in [5.41, 5.74) is 3.08. The van der Waals surface area contributed by atoms with Crippen LogP contribution < -0.4 is 20.3 Å². The first-order valence-corrected chi connectivity index (χ1v) is 36.2. The van der Waals surface area contributed by atoms with E-state index in [9.17, 15) is 43.8 Å². The van der Waals surface area contributed by atoms with Gasteiger partial charge in [-0.15, -0.1) is 0 Å². The molecule has 0 spiro atoms. The molecule has 2 saturated heterocycles. The summed E-state index contributed by atoms with van der Waals surface area (Å²) in [5, 5.41) is 28.9. The lowest BCUT2D eigenvalue weighted by molar-refractivity contribution is -0.163. The number of epoxide rings is 1. The van der Waals surface area contributed by atoms with Crippen molar-refractivity contribution in [3.8, 4) is 5.75 Å². The quantitative estimate of drug-likeness (QED) is 0.0258. The summed E-state index contributed by atoms with van der Waals surface area (Å²) in [7, 11) is 8.16. The van der Waals surface area contributed by atoms with Crippen LogP contribution in [0.3, 0.4) is 0 Å². The molecule has 9 atom stereocenters. The Morgan fingerprint density at radius 3 is 2.16 bits per heavy atom. The highest BCUT2D eigenvalue weighted by atomic mass is 35.5. The first kappa shape index (κ1) is 79.6. The molecule has 0 aromatic heterocycles. The van der Waals surface area contributed by atoms with Gasteiger partial charge in [-0.2, -0.15) is 0 Å². The van der Waals surface area contributed by atoms with E-state index in [1.807, 2.05) is 38.2 Å². The van der Waals surface area contributed by atoms with Crippen molar-refractivity contribution >= 4 is 70.9 Å². The molecule has 1 unspecified atom stereocenters. The zero-order chi connectivity index (χ0) is 72.8. The molecule has 3 aromatic carbocycles. The number of rotatable bonds is 32. The Balaban J connectivity index is 0.653. The zero-order valence-corrected chi connectivity index (χ0v) is 61.2.